The normalized spacial score (nSPS) is 11.2. The highest BCUT2D eigenvalue weighted by atomic mass is 15.4. The smallest absolute Gasteiger partial charge is 0.226 e. The number of H-pyrrole nitrogens is 1. The maximum Gasteiger partial charge on any atom is 0.226 e. The number of hydrogen-bond donors (Lipinski definition) is 2. The molecular formula is C12H16N8. The van der Waals surface area contributed by atoms with Gasteiger partial charge in [0.05, 0.1) is 11.6 Å². The number of nitrogens with zero attached hydrogens (tertiary/aromatic N) is 6. The minimum atomic E-state index is 0.561. The van der Waals surface area contributed by atoms with Crippen LogP contribution in [0.15, 0.2) is 6.20 Å². The molecule has 104 valence electrons. The van der Waals surface area contributed by atoms with Crippen LogP contribution in [-0.4, -0.2) is 41.5 Å². The van der Waals surface area contributed by atoms with Gasteiger partial charge in [0.1, 0.15) is 11.6 Å². The van der Waals surface area contributed by atoms with Gasteiger partial charge in [-0.05, 0) is 20.3 Å². The van der Waals surface area contributed by atoms with Gasteiger partial charge in [0, 0.05) is 6.54 Å². The highest BCUT2D eigenvalue weighted by molar-refractivity contribution is 5.82. The number of nitrogens with one attached hydrogen (secondary N) is 2. The third kappa shape index (κ3) is 2.09. The van der Waals surface area contributed by atoms with Crippen molar-refractivity contribution in [2.45, 2.75) is 27.2 Å². The van der Waals surface area contributed by atoms with E-state index >= 15 is 0 Å². The van der Waals surface area contributed by atoms with Crippen molar-refractivity contribution in [3.05, 3.63) is 17.8 Å². The van der Waals surface area contributed by atoms with Crippen LogP contribution < -0.4 is 5.32 Å². The number of rotatable bonds is 4. The Labute approximate surface area is 115 Å². The summed E-state index contributed by atoms with van der Waals surface area (Å²) in [4.78, 5) is 13.2. The van der Waals surface area contributed by atoms with Crippen molar-refractivity contribution in [3.63, 3.8) is 0 Å². The van der Waals surface area contributed by atoms with Gasteiger partial charge in [-0.25, -0.2) is 4.98 Å². The van der Waals surface area contributed by atoms with Crippen LogP contribution in [0.5, 0.6) is 0 Å². The van der Waals surface area contributed by atoms with Crippen LogP contribution in [0, 0.1) is 13.8 Å². The fourth-order valence-corrected chi connectivity index (χ4v) is 2.02. The molecule has 0 atom stereocenters. The summed E-state index contributed by atoms with van der Waals surface area (Å²) >= 11 is 0. The number of aromatic nitrogens is 7. The van der Waals surface area contributed by atoms with Crippen LogP contribution in [0.4, 0.5) is 5.95 Å². The maximum absolute atomic E-state index is 4.53. The fourth-order valence-electron chi connectivity index (χ4n) is 2.02. The minimum absolute atomic E-state index is 0.561. The molecule has 0 saturated carbocycles. The Bertz CT molecular complexity index is 741. The molecule has 0 spiro atoms. The largest absolute Gasteiger partial charge is 0.354 e. The number of fused-ring (bicyclic) bond motifs is 1. The summed E-state index contributed by atoms with van der Waals surface area (Å²) in [5.41, 5.74) is 0.682. The Morgan fingerprint density at radius 2 is 2.10 bits per heavy atom. The van der Waals surface area contributed by atoms with E-state index in [0.29, 0.717) is 23.2 Å². The van der Waals surface area contributed by atoms with Gasteiger partial charge < -0.3 is 5.32 Å². The highest BCUT2D eigenvalue weighted by Crippen LogP contribution is 2.19. The molecule has 0 aliphatic rings. The Balaban J connectivity index is 2.17. The van der Waals surface area contributed by atoms with Crippen LogP contribution >= 0.6 is 0 Å². The molecule has 0 radical (unpaired) electrons. The molecule has 3 heterocycles. The SMILES string of the molecule is CCCNc1nc(-n2nc(C)nc2C)c2cn[nH]c2n1. The average molecular weight is 272 g/mol. The van der Waals surface area contributed by atoms with Gasteiger partial charge in [-0.1, -0.05) is 6.92 Å². The lowest BCUT2D eigenvalue weighted by atomic mass is 10.4. The summed E-state index contributed by atoms with van der Waals surface area (Å²) in [5, 5.41) is 15.3. The molecule has 0 aliphatic heterocycles. The van der Waals surface area contributed by atoms with E-state index in [9.17, 15) is 0 Å². The first-order chi connectivity index (χ1) is 9.69. The zero-order valence-electron chi connectivity index (χ0n) is 11.7. The summed E-state index contributed by atoms with van der Waals surface area (Å²) in [6, 6.07) is 0. The van der Waals surface area contributed by atoms with Gasteiger partial charge in [0.2, 0.25) is 5.95 Å². The van der Waals surface area contributed by atoms with E-state index in [1.807, 2.05) is 13.8 Å². The second kappa shape index (κ2) is 4.87. The number of aromatic amines is 1. The van der Waals surface area contributed by atoms with Crippen molar-refractivity contribution in [2.24, 2.45) is 0 Å². The maximum atomic E-state index is 4.53. The fraction of sp³-hybridized carbons (Fsp3) is 0.417. The van der Waals surface area contributed by atoms with E-state index in [1.54, 1.807) is 10.9 Å². The zero-order valence-corrected chi connectivity index (χ0v) is 11.7. The third-order valence-corrected chi connectivity index (χ3v) is 2.90. The lowest BCUT2D eigenvalue weighted by Crippen LogP contribution is -2.09. The second-order valence-electron chi connectivity index (χ2n) is 4.55. The van der Waals surface area contributed by atoms with Gasteiger partial charge >= 0.3 is 0 Å². The predicted octanol–water partition coefficient (Wildman–Crippen LogP) is 1.37. The molecule has 8 heteroatoms. The molecule has 0 amide bonds. The van der Waals surface area contributed by atoms with E-state index in [1.165, 1.54) is 0 Å². The van der Waals surface area contributed by atoms with E-state index in [-0.39, 0.29) is 0 Å². The third-order valence-electron chi connectivity index (χ3n) is 2.90. The molecule has 0 fully saturated rings. The van der Waals surface area contributed by atoms with Crippen molar-refractivity contribution in [2.75, 3.05) is 11.9 Å². The van der Waals surface area contributed by atoms with E-state index in [0.717, 1.165) is 24.2 Å². The summed E-state index contributed by atoms with van der Waals surface area (Å²) in [6.07, 6.45) is 2.70. The molecule has 8 nitrogen and oxygen atoms in total. The Kier molecular flexibility index (Phi) is 3.05. The highest BCUT2D eigenvalue weighted by Gasteiger charge is 2.14. The predicted molar refractivity (Wildman–Crippen MR) is 74.9 cm³/mol. The van der Waals surface area contributed by atoms with Crippen molar-refractivity contribution >= 4 is 17.0 Å². The van der Waals surface area contributed by atoms with Crippen LogP contribution in [0.1, 0.15) is 25.0 Å². The van der Waals surface area contributed by atoms with E-state index in [2.05, 4.69) is 42.5 Å². The lowest BCUT2D eigenvalue weighted by Gasteiger charge is -2.07. The molecule has 20 heavy (non-hydrogen) atoms. The molecule has 3 rings (SSSR count). The summed E-state index contributed by atoms with van der Waals surface area (Å²) < 4.78 is 1.71. The Hall–Kier alpha value is -2.51. The summed E-state index contributed by atoms with van der Waals surface area (Å²) in [6.45, 7) is 6.66. The van der Waals surface area contributed by atoms with Crippen molar-refractivity contribution in [1.29, 1.82) is 0 Å². The molecule has 0 aromatic carbocycles. The molecule has 3 aromatic rings. The summed E-state index contributed by atoms with van der Waals surface area (Å²) in [7, 11) is 0. The molecule has 0 bridgehead atoms. The molecule has 0 saturated heterocycles. The lowest BCUT2D eigenvalue weighted by molar-refractivity contribution is 0.806. The van der Waals surface area contributed by atoms with Crippen molar-refractivity contribution in [1.82, 2.24) is 34.9 Å². The second-order valence-corrected chi connectivity index (χ2v) is 4.55. The molecule has 0 unspecified atom stereocenters. The first kappa shape index (κ1) is 12.5. The van der Waals surface area contributed by atoms with Gasteiger partial charge in [-0.3, -0.25) is 5.10 Å². The van der Waals surface area contributed by atoms with Crippen LogP contribution in [0.3, 0.4) is 0 Å². The van der Waals surface area contributed by atoms with E-state index in [4.69, 9.17) is 0 Å². The monoisotopic (exact) mass is 272 g/mol. The number of anilines is 1. The van der Waals surface area contributed by atoms with Crippen LogP contribution in [-0.2, 0) is 0 Å². The van der Waals surface area contributed by atoms with Gasteiger partial charge in [-0.2, -0.15) is 19.7 Å². The first-order valence-corrected chi connectivity index (χ1v) is 6.54. The average Bonchev–Trinajstić information content (AvgIpc) is 3.01. The number of hydrogen-bond acceptors (Lipinski definition) is 6. The van der Waals surface area contributed by atoms with Crippen molar-refractivity contribution < 1.29 is 0 Å². The Morgan fingerprint density at radius 3 is 2.80 bits per heavy atom. The first-order valence-electron chi connectivity index (χ1n) is 6.54. The quantitative estimate of drug-likeness (QED) is 0.744. The van der Waals surface area contributed by atoms with Gasteiger partial charge in [0.15, 0.2) is 11.5 Å². The molecular weight excluding hydrogens is 256 g/mol. The van der Waals surface area contributed by atoms with Gasteiger partial charge in [-0.15, -0.1) is 5.10 Å². The van der Waals surface area contributed by atoms with Crippen LogP contribution in [0.2, 0.25) is 0 Å². The minimum Gasteiger partial charge on any atom is -0.354 e. The summed E-state index contributed by atoms with van der Waals surface area (Å²) in [5.74, 6) is 2.73. The standard InChI is InChI=1S/C12H16N8/c1-4-5-13-12-16-10-9(6-14-18-10)11(17-12)20-8(3)15-7(2)19-20/h6H,4-5H2,1-3H3,(H2,13,14,16,17,18). The molecule has 3 aromatic heterocycles. The topological polar surface area (TPSA) is 97.2 Å². The number of aryl methyl sites for hydroxylation is 2. The Morgan fingerprint density at radius 1 is 1.25 bits per heavy atom. The molecule has 2 N–H and O–H groups in total. The zero-order chi connectivity index (χ0) is 14.1. The van der Waals surface area contributed by atoms with Crippen molar-refractivity contribution in [3.8, 4) is 5.82 Å². The van der Waals surface area contributed by atoms with Crippen LogP contribution in [0.25, 0.3) is 16.9 Å². The van der Waals surface area contributed by atoms with Gasteiger partial charge in [0.25, 0.3) is 0 Å². The molecule has 0 aliphatic carbocycles. The van der Waals surface area contributed by atoms with E-state index < -0.39 is 0 Å².